The Morgan fingerprint density at radius 1 is 1.32 bits per heavy atom. The molecule has 2 unspecified atom stereocenters. The number of benzene rings is 1. The summed E-state index contributed by atoms with van der Waals surface area (Å²) in [5.41, 5.74) is 0.942. The van der Waals surface area contributed by atoms with Gasteiger partial charge in [-0.05, 0) is 57.9 Å². The van der Waals surface area contributed by atoms with E-state index in [1.54, 1.807) is 24.0 Å². The van der Waals surface area contributed by atoms with E-state index < -0.39 is 6.04 Å². The van der Waals surface area contributed by atoms with E-state index in [0.717, 1.165) is 18.4 Å². The third-order valence-electron chi connectivity index (χ3n) is 4.78. The van der Waals surface area contributed by atoms with Crippen LogP contribution in [-0.2, 0) is 14.3 Å². The van der Waals surface area contributed by atoms with Gasteiger partial charge in [-0.15, -0.1) is 0 Å². The van der Waals surface area contributed by atoms with Gasteiger partial charge in [0.1, 0.15) is 11.9 Å². The Kier molecular flexibility index (Phi) is 6.93. The van der Waals surface area contributed by atoms with Gasteiger partial charge in [0.05, 0.1) is 13.2 Å². The number of hydrogen-bond acceptors (Lipinski definition) is 4. The molecular formula is C19H27FN2O3. The van der Waals surface area contributed by atoms with Crippen LogP contribution in [0.25, 0.3) is 0 Å². The Labute approximate surface area is 148 Å². The van der Waals surface area contributed by atoms with Gasteiger partial charge in [-0.2, -0.15) is 0 Å². The van der Waals surface area contributed by atoms with Gasteiger partial charge in [0.15, 0.2) is 0 Å². The maximum atomic E-state index is 13.1. The minimum Gasteiger partial charge on any atom is -0.464 e. The maximum Gasteiger partial charge on any atom is 0.328 e. The first-order chi connectivity index (χ1) is 11.9. The molecule has 0 aliphatic carbocycles. The van der Waals surface area contributed by atoms with Crippen molar-refractivity contribution in [2.75, 3.05) is 26.7 Å². The number of halogens is 1. The molecule has 2 rings (SSSR count). The summed E-state index contributed by atoms with van der Waals surface area (Å²) in [6, 6.07) is 5.78. The fraction of sp³-hybridized carbons (Fsp3) is 0.579. The lowest BCUT2D eigenvalue weighted by Gasteiger charge is -2.36. The molecule has 0 N–H and O–H groups in total. The Hall–Kier alpha value is -1.95. The van der Waals surface area contributed by atoms with Crippen molar-refractivity contribution in [2.24, 2.45) is 0 Å². The first-order valence-electron chi connectivity index (χ1n) is 8.85. The highest BCUT2D eigenvalue weighted by Crippen LogP contribution is 2.22. The van der Waals surface area contributed by atoms with Crippen molar-refractivity contribution < 1.29 is 18.7 Å². The number of ether oxygens (including phenoxy) is 1. The van der Waals surface area contributed by atoms with Gasteiger partial charge >= 0.3 is 5.97 Å². The SMILES string of the molecule is CCOC(=O)C1CCCCN1C(=O)CN(C)C(C)c1ccc(F)cc1. The topological polar surface area (TPSA) is 49.9 Å². The Morgan fingerprint density at radius 2 is 2.00 bits per heavy atom. The largest absolute Gasteiger partial charge is 0.464 e. The van der Waals surface area contributed by atoms with Gasteiger partial charge in [-0.3, -0.25) is 9.69 Å². The lowest BCUT2D eigenvalue weighted by Crippen LogP contribution is -2.51. The summed E-state index contributed by atoms with van der Waals surface area (Å²) >= 11 is 0. The maximum absolute atomic E-state index is 13.1. The zero-order chi connectivity index (χ0) is 18.4. The molecule has 25 heavy (non-hydrogen) atoms. The minimum absolute atomic E-state index is 0.0321. The number of nitrogens with zero attached hydrogens (tertiary/aromatic N) is 2. The van der Waals surface area contributed by atoms with Crippen molar-refractivity contribution in [2.45, 2.75) is 45.2 Å². The normalized spacial score (nSPS) is 18.9. The molecule has 1 heterocycles. The number of likely N-dealkylation sites (tertiary alicyclic amines) is 1. The Balaban J connectivity index is 2.00. The second kappa shape index (κ2) is 8.94. The van der Waals surface area contributed by atoms with Crippen LogP contribution in [0.15, 0.2) is 24.3 Å². The third-order valence-corrected chi connectivity index (χ3v) is 4.78. The fourth-order valence-electron chi connectivity index (χ4n) is 3.15. The summed E-state index contributed by atoms with van der Waals surface area (Å²) in [4.78, 5) is 28.4. The van der Waals surface area contributed by atoms with Crippen LogP contribution in [0.2, 0.25) is 0 Å². The highest BCUT2D eigenvalue weighted by molar-refractivity contribution is 5.85. The van der Waals surface area contributed by atoms with Crippen LogP contribution in [0, 0.1) is 5.82 Å². The highest BCUT2D eigenvalue weighted by Gasteiger charge is 2.33. The van der Waals surface area contributed by atoms with Crippen LogP contribution >= 0.6 is 0 Å². The third kappa shape index (κ3) is 5.01. The molecule has 1 aromatic rings. The van der Waals surface area contributed by atoms with Gasteiger partial charge in [-0.25, -0.2) is 9.18 Å². The highest BCUT2D eigenvalue weighted by atomic mass is 19.1. The molecule has 6 heteroatoms. The number of rotatable bonds is 6. The van der Waals surface area contributed by atoms with Crippen LogP contribution < -0.4 is 0 Å². The number of piperidine rings is 1. The summed E-state index contributed by atoms with van der Waals surface area (Å²) in [6.45, 7) is 4.85. The molecule has 0 radical (unpaired) electrons. The van der Waals surface area contributed by atoms with Crippen LogP contribution in [0.1, 0.15) is 44.7 Å². The van der Waals surface area contributed by atoms with Crippen LogP contribution in [-0.4, -0.2) is 54.5 Å². The van der Waals surface area contributed by atoms with E-state index in [4.69, 9.17) is 4.74 Å². The van der Waals surface area contributed by atoms with Gasteiger partial charge in [-0.1, -0.05) is 12.1 Å². The molecule has 0 aromatic heterocycles. The van der Waals surface area contributed by atoms with E-state index in [0.29, 0.717) is 19.6 Å². The summed E-state index contributed by atoms with van der Waals surface area (Å²) in [7, 11) is 1.86. The molecule has 0 saturated carbocycles. The minimum atomic E-state index is -0.476. The lowest BCUT2D eigenvalue weighted by molar-refractivity contribution is -0.157. The van der Waals surface area contributed by atoms with Crippen molar-refractivity contribution in [3.8, 4) is 0 Å². The second-order valence-corrected chi connectivity index (χ2v) is 6.49. The number of carbonyl (C=O) groups excluding carboxylic acids is 2. The molecule has 1 amide bonds. The number of likely N-dealkylation sites (N-methyl/N-ethyl adjacent to an activating group) is 1. The van der Waals surface area contributed by atoms with Crippen LogP contribution in [0.3, 0.4) is 0 Å². The standard InChI is InChI=1S/C19H27FN2O3/c1-4-25-19(24)17-7-5-6-12-22(17)18(23)13-21(3)14(2)15-8-10-16(20)11-9-15/h8-11,14,17H,4-7,12-13H2,1-3H3. The van der Waals surface area contributed by atoms with Crippen molar-refractivity contribution in [3.05, 3.63) is 35.6 Å². The molecule has 1 saturated heterocycles. The smallest absolute Gasteiger partial charge is 0.328 e. The molecule has 0 bridgehead atoms. The summed E-state index contributed by atoms with van der Waals surface area (Å²) < 4.78 is 18.2. The summed E-state index contributed by atoms with van der Waals surface area (Å²) in [6.07, 6.45) is 2.48. The Morgan fingerprint density at radius 3 is 2.64 bits per heavy atom. The van der Waals surface area contributed by atoms with E-state index in [2.05, 4.69) is 0 Å². The first-order valence-corrected chi connectivity index (χ1v) is 8.85. The Bertz CT molecular complexity index is 591. The number of esters is 1. The van der Waals surface area contributed by atoms with Crippen molar-refractivity contribution in [3.63, 3.8) is 0 Å². The summed E-state index contributed by atoms with van der Waals surface area (Å²) in [5, 5.41) is 0. The zero-order valence-electron chi connectivity index (χ0n) is 15.2. The molecule has 1 aliphatic rings. The molecular weight excluding hydrogens is 323 g/mol. The number of amides is 1. The molecule has 2 atom stereocenters. The molecule has 138 valence electrons. The van der Waals surface area contributed by atoms with E-state index in [-0.39, 0.29) is 30.3 Å². The van der Waals surface area contributed by atoms with Crippen molar-refractivity contribution in [1.29, 1.82) is 0 Å². The van der Waals surface area contributed by atoms with Gasteiger partial charge in [0.25, 0.3) is 0 Å². The number of carbonyl (C=O) groups is 2. The van der Waals surface area contributed by atoms with Crippen LogP contribution in [0.5, 0.6) is 0 Å². The first kappa shape index (κ1) is 19.4. The lowest BCUT2D eigenvalue weighted by atomic mass is 10.0. The zero-order valence-corrected chi connectivity index (χ0v) is 15.2. The van der Waals surface area contributed by atoms with Crippen molar-refractivity contribution >= 4 is 11.9 Å². The average Bonchev–Trinajstić information content (AvgIpc) is 2.61. The molecule has 5 nitrogen and oxygen atoms in total. The van der Waals surface area contributed by atoms with E-state index in [9.17, 15) is 14.0 Å². The van der Waals surface area contributed by atoms with Crippen molar-refractivity contribution in [1.82, 2.24) is 9.80 Å². The number of hydrogen-bond donors (Lipinski definition) is 0. The monoisotopic (exact) mass is 350 g/mol. The summed E-state index contributed by atoms with van der Waals surface area (Å²) in [5.74, 6) is -0.667. The molecule has 1 fully saturated rings. The van der Waals surface area contributed by atoms with Gasteiger partial charge in [0.2, 0.25) is 5.91 Å². The average molecular weight is 350 g/mol. The van der Waals surface area contributed by atoms with E-state index in [1.807, 2.05) is 18.9 Å². The molecule has 0 spiro atoms. The quantitative estimate of drug-likeness (QED) is 0.740. The second-order valence-electron chi connectivity index (χ2n) is 6.49. The fourth-order valence-corrected chi connectivity index (χ4v) is 3.15. The van der Waals surface area contributed by atoms with Gasteiger partial charge in [0, 0.05) is 12.6 Å². The van der Waals surface area contributed by atoms with Crippen LogP contribution in [0.4, 0.5) is 4.39 Å². The predicted molar refractivity (Wildman–Crippen MR) is 93.4 cm³/mol. The molecule has 1 aromatic carbocycles. The predicted octanol–water partition coefficient (Wildman–Crippen LogP) is 2.76. The van der Waals surface area contributed by atoms with E-state index in [1.165, 1.54) is 12.1 Å². The van der Waals surface area contributed by atoms with E-state index >= 15 is 0 Å². The molecule has 1 aliphatic heterocycles. The van der Waals surface area contributed by atoms with Gasteiger partial charge < -0.3 is 9.64 Å².